The fourth-order valence-corrected chi connectivity index (χ4v) is 2.45. The Morgan fingerprint density at radius 2 is 1.75 bits per heavy atom. The van der Waals surface area contributed by atoms with E-state index in [4.69, 9.17) is 9.73 Å². The van der Waals surface area contributed by atoms with E-state index in [9.17, 15) is 0 Å². The monoisotopic (exact) mass is 334 g/mol. The van der Waals surface area contributed by atoms with Crippen molar-refractivity contribution in [2.45, 2.75) is 40.8 Å². The maximum Gasteiger partial charge on any atom is 0.191 e. The van der Waals surface area contributed by atoms with E-state index in [1.54, 1.807) is 0 Å². The Balaban J connectivity index is 2.70. The molecule has 0 heterocycles. The molecule has 0 bridgehead atoms. The average Bonchev–Trinajstić information content (AvgIpc) is 2.62. The molecule has 0 aromatic heterocycles. The van der Waals surface area contributed by atoms with Crippen LogP contribution in [-0.2, 0) is 17.8 Å². The Hall–Kier alpha value is -1.59. The van der Waals surface area contributed by atoms with Crippen LogP contribution in [0.25, 0.3) is 0 Å². The van der Waals surface area contributed by atoms with Crippen molar-refractivity contribution in [1.82, 2.24) is 15.5 Å². The normalized spacial score (nSPS) is 11.8. The highest BCUT2D eigenvalue weighted by Crippen LogP contribution is 2.13. The fraction of sp³-hybridized carbons (Fsp3) is 0.632. The molecule has 5 nitrogen and oxygen atoms in total. The van der Waals surface area contributed by atoms with Gasteiger partial charge >= 0.3 is 0 Å². The summed E-state index contributed by atoms with van der Waals surface area (Å²) in [5.74, 6) is 0.842. The van der Waals surface area contributed by atoms with Crippen LogP contribution in [0.2, 0.25) is 0 Å². The molecule has 0 saturated heterocycles. The second kappa shape index (κ2) is 12.8. The van der Waals surface area contributed by atoms with E-state index in [0.717, 1.165) is 45.3 Å². The van der Waals surface area contributed by atoms with Crippen LogP contribution in [0.4, 0.5) is 0 Å². The van der Waals surface area contributed by atoms with Gasteiger partial charge in [-0.1, -0.05) is 38.1 Å². The van der Waals surface area contributed by atoms with Crippen molar-refractivity contribution in [3.8, 4) is 0 Å². The Morgan fingerprint density at radius 1 is 1.04 bits per heavy atom. The van der Waals surface area contributed by atoms with E-state index >= 15 is 0 Å². The van der Waals surface area contributed by atoms with Crippen LogP contribution in [0, 0.1) is 0 Å². The summed E-state index contributed by atoms with van der Waals surface area (Å²) in [6.45, 7) is 15.3. The third-order valence-corrected chi connectivity index (χ3v) is 3.90. The molecule has 136 valence electrons. The zero-order valence-corrected chi connectivity index (χ0v) is 15.8. The first kappa shape index (κ1) is 20.5. The second-order valence-electron chi connectivity index (χ2n) is 5.55. The lowest BCUT2D eigenvalue weighted by Crippen LogP contribution is -2.39. The van der Waals surface area contributed by atoms with Gasteiger partial charge in [-0.3, -0.25) is 4.90 Å². The van der Waals surface area contributed by atoms with Gasteiger partial charge in [0.15, 0.2) is 5.96 Å². The summed E-state index contributed by atoms with van der Waals surface area (Å²) in [4.78, 5) is 7.15. The molecule has 0 atom stereocenters. The number of nitrogens with one attached hydrogen (secondary N) is 2. The summed E-state index contributed by atoms with van der Waals surface area (Å²) >= 11 is 0. The predicted octanol–water partition coefficient (Wildman–Crippen LogP) is 2.62. The van der Waals surface area contributed by atoms with Gasteiger partial charge in [0.1, 0.15) is 0 Å². The molecule has 0 amide bonds. The quantitative estimate of drug-likeness (QED) is 0.371. The van der Waals surface area contributed by atoms with E-state index in [2.05, 4.69) is 60.6 Å². The Labute approximate surface area is 147 Å². The lowest BCUT2D eigenvalue weighted by Gasteiger charge is -2.20. The van der Waals surface area contributed by atoms with Gasteiger partial charge in [-0.15, -0.1) is 0 Å². The number of hydrogen-bond donors (Lipinski definition) is 2. The Morgan fingerprint density at radius 3 is 2.38 bits per heavy atom. The molecule has 0 aliphatic carbocycles. The number of aliphatic imine (C=N–C) groups is 1. The topological polar surface area (TPSA) is 48.9 Å². The third kappa shape index (κ3) is 7.79. The summed E-state index contributed by atoms with van der Waals surface area (Å²) in [7, 11) is 0. The second-order valence-corrected chi connectivity index (χ2v) is 5.55. The van der Waals surface area contributed by atoms with Crippen molar-refractivity contribution >= 4 is 5.96 Å². The van der Waals surface area contributed by atoms with Gasteiger partial charge in [0.2, 0.25) is 0 Å². The van der Waals surface area contributed by atoms with Gasteiger partial charge in [0, 0.05) is 26.2 Å². The zero-order chi connectivity index (χ0) is 17.6. The van der Waals surface area contributed by atoms with Gasteiger partial charge in [0.05, 0.1) is 13.2 Å². The van der Waals surface area contributed by atoms with Crippen LogP contribution in [0.3, 0.4) is 0 Å². The fourth-order valence-electron chi connectivity index (χ4n) is 2.45. The van der Waals surface area contributed by atoms with Crippen molar-refractivity contribution in [1.29, 1.82) is 0 Å². The summed E-state index contributed by atoms with van der Waals surface area (Å²) in [6, 6.07) is 8.58. The average molecular weight is 335 g/mol. The van der Waals surface area contributed by atoms with Crippen molar-refractivity contribution < 1.29 is 4.74 Å². The molecule has 0 unspecified atom stereocenters. The number of guanidine groups is 1. The minimum Gasteiger partial charge on any atom is -0.380 e. The third-order valence-electron chi connectivity index (χ3n) is 3.90. The predicted molar refractivity (Wildman–Crippen MR) is 102 cm³/mol. The molecule has 0 saturated carbocycles. The van der Waals surface area contributed by atoms with E-state index in [-0.39, 0.29) is 0 Å². The van der Waals surface area contributed by atoms with Crippen molar-refractivity contribution in [3.05, 3.63) is 35.4 Å². The van der Waals surface area contributed by atoms with E-state index in [0.29, 0.717) is 13.2 Å². The highest BCUT2D eigenvalue weighted by atomic mass is 16.5. The van der Waals surface area contributed by atoms with Gasteiger partial charge in [-0.05, 0) is 38.1 Å². The van der Waals surface area contributed by atoms with Crippen LogP contribution < -0.4 is 10.6 Å². The summed E-state index contributed by atoms with van der Waals surface area (Å²) in [5, 5.41) is 6.60. The largest absolute Gasteiger partial charge is 0.380 e. The Bertz CT molecular complexity index is 472. The maximum absolute atomic E-state index is 5.36. The molecule has 0 radical (unpaired) electrons. The minimum atomic E-state index is 0.682. The molecule has 0 aliphatic rings. The maximum atomic E-state index is 5.36. The van der Waals surface area contributed by atoms with Crippen LogP contribution in [0.5, 0.6) is 0 Å². The Kier molecular flexibility index (Phi) is 10.9. The molecule has 0 aliphatic heterocycles. The number of benzene rings is 1. The number of hydrogen-bond acceptors (Lipinski definition) is 3. The van der Waals surface area contributed by atoms with Gasteiger partial charge < -0.3 is 15.4 Å². The molecule has 0 spiro atoms. The zero-order valence-electron chi connectivity index (χ0n) is 15.8. The summed E-state index contributed by atoms with van der Waals surface area (Å²) < 4.78 is 5.36. The molecule has 1 aromatic carbocycles. The first-order chi connectivity index (χ1) is 11.7. The molecule has 1 aromatic rings. The first-order valence-corrected chi connectivity index (χ1v) is 9.14. The van der Waals surface area contributed by atoms with Crippen LogP contribution in [-0.4, -0.2) is 50.3 Å². The van der Waals surface area contributed by atoms with Crippen LogP contribution in [0.1, 0.15) is 38.8 Å². The van der Waals surface area contributed by atoms with Crippen molar-refractivity contribution in [3.63, 3.8) is 0 Å². The SMILES string of the molecule is CCNC(=NCc1ccccc1CN(CC)CC)NCCOCC. The van der Waals surface area contributed by atoms with Gasteiger partial charge in [-0.2, -0.15) is 0 Å². The van der Waals surface area contributed by atoms with Gasteiger partial charge in [0.25, 0.3) is 0 Å². The molecule has 24 heavy (non-hydrogen) atoms. The molecule has 1 rings (SSSR count). The minimum absolute atomic E-state index is 0.682. The standard InChI is InChI=1S/C19H34N4O/c1-5-20-19(21-13-14-24-8-4)22-15-17-11-9-10-12-18(17)16-23(6-2)7-3/h9-12H,5-8,13-16H2,1-4H3,(H2,20,21,22). The summed E-state index contributed by atoms with van der Waals surface area (Å²) in [5.41, 5.74) is 2.64. The smallest absolute Gasteiger partial charge is 0.191 e. The molecular weight excluding hydrogens is 300 g/mol. The molecule has 2 N–H and O–H groups in total. The van der Waals surface area contributed by atoms with Crippen LogP contribution in [0.15, 0.2) is 29.3 Å². The first-order valence-electron chi connectivity index (χ1n) is 9.14. The highest BCUT2D eigenvalue weighted by molar-refractivity contribution is 5.79. The number of nitrogens with zero attached hydrogens (tertiary/aromatic N) is 2. The number of ether oxygens (including phenoxy) is 1. The number of rotatable bonds is 11. The van der Waals surface area contributed by atoms with Crippen molar-refractivity contribution in [2.75, 3.05) is 39.4 Å². The lowest BCUT2D eigenvalue weighted by atomic mass is 10.1. The molecule has 5 heteroatoms. The van der Waals surface area contributed by atoms with Crippen LogP contribution >= 0.6 is 0 Å². The van der Waals surface area contributed by atoms with E-state index in [1.165, 1.54) is 11.1 Å². The van der Waals surface area contributed by atoms with Gasteiger partial charge in [-0.25, -0.2) is 4.99 Å². The molecule has 0 fully saturated rings. The highest BCUT2D eigenvalue weighted by Gasteiger charge is 2.06. The lowest BCUT2D eigenvalue weighted by molar-refractivity contribution is 0.152. The molecular formula is C19H34N4O. The summed E-state index contributed by atoms with van der Waals surface area (Å²) in [6.07, 6.45) is 0. The van der Waals surface area contributed by atoms with Crippen molar-refractivity contribution in [2.24, 2.45) is 4.99 Å². The van der Waals surface area contributed by atoms with E-state index < -0.39 is 0 Å². The van der Waals surface area contributed by atoms with E-state index in [1.807, 2.05) is 6.92 Å².